The second-order valence-electron chi connectivity index (χ2n) is 5.58. The molecule has 1 aliphatic rings. The molecule has 6 heteroatoms. The highest BCUT2D eigenvalue weighted by molar-refractivity contribution is 8.19. The summed E-state index contributed by atoms with van der Waals surface area (Å²) in [6, 6.07) is 15.2. The molecule has 0 aliphatic carbocycles. The van der Waals surface area contributed by atoms with Gasteiger partial charge in [0.05, 0.1) is 4.58 Å². The topological polar surface area (TPSA) is 55.1 Å². The maximum absolute atomic E-state index is 12.4. The summed E-state index contributed by atoms with van der Waals surface area (Å²) in [5.74, 6) is 2.19. The lowest BCUT2D eigenvalue weighted by Crippen LogP contribution is -2.27. The number of anilines is 1. The van der Waals surface area contributed by atoms with Crippen molar-refractivity contribution in [2.75, 3.05) is 16.8 Å². The number of aryl methyl sites for hydroxylation is 1. The first-order valence-electron chi connectivity index (χ1n) is 7.59. The number of thioether (sulfide) groups is 2. The minimum atomic E-state index is -0.658. The number of hydrogen-bond donors (Lipinski definition) is 2. The molecule has 1 aliphatic heterocycles. The molecule has 3 N–H and O–H groups in total. The third kappa shape index (κ3) is 4.70. The fourth-order valence-corrected chi connectivity index (χ4v) is 5.30. The Balaban J connectivity index is 0.00000208. The zero-order chi connectivity index (χ0) is 16.2. The van der Waals surface area contributed by atoms with Crippen LogP contribution in [0.25, 0.3) is 0 Å². The number of nitrogens with one attached hydrogen (secondary N) is 1. The van der Waals surface area contributed by atoms with Crippen LogP contribution in [0.1, 0.15) is 27.3 Å². The molecular formula is C18H21ClN2OS2. The van der Waals surface area contributed by atoms with Crippen molar-refractivity contribution in [2.24, 2.45) is 5.73 Å². The lowest BCUT2D eigenvalue weighted by molar-refractivity contribution is -0.117. The molecule has 0 spiro atoms. The van der Waals surface area contributed by atoms with Gasteiger partial charge in [-0.1, -0.05) is 42.0 Å². The van der Waals surface area contributed by atoms with Gasteiger partial charge in [0, 0.05) is 17.2 Å². The van der Waals surface area contributed by atoms with Gasteiger partial charge in [0.1, 0.15) is 6.04 Å². The molecule has 1 fully saturated rings. The van der Waals surface area contributed by atoms with Crippen LogP contribution in [-0.4, -0.2) is 17.4 Å². The minimum Gasteiger partial charge on any atom is -0.324 e. The van der Waals surface area contributed by atoms with Crippen LogP contribution in [0.15, 0.2) is 48.5 Å². The van der Waals surface area contributed by atoms with Crippen LogP contribution in [-0.2, 0) is 4.79 Å². The molecule has 1 saturated heterocycles. The average molecular weight is 381 g/mol. The molecule has 1 unspecified atom stereocenters. The largest absolute Gasteiger partial charge is 0.324 e. The number of halogens is 1. The van der Waals surface area contributed by atoms with Crippen molar-refractivity contribution < 1.29 is 4.79 Å². The average Bonchev–Trinajstić information content (AvgIpc) is 3.10. The molecule has 24 heavy (non-hydrogen) atoms. The van der Waals surface area contributed by atoms with Crippen LogP contribution in [0.4, 0.5) is 5.69 Å². The summed E-state index contributed by atoms with van der Waals surface area (Å²) in [7, 11) is 0. The second-order valence-corrected chi connectivity index (χ2v) is 8.30. The molecule has 0 saturated carbocycles. The molecule has 3 rings (SSSR count). The fraction of sp³-hybridized carbons (Fsp3) is 0.278. The molecule has 2 aromatic carbocycles. The van der Waals surface area contributed by atoms with Gasteiger partial charge in [0.15, 0.2) is 0 Å². The van der Waals surface area contributed by atoms with Crippen LogP contribution in [0.2, 0.25) is 0 Å². The third-order valence-corrected chi connectivity index (χ3v) is 6.87. The summed E-state index contributed by atoms with van der Waals surface area (Å²) in [6.07, 6.45) is 0. The molecule has 0 aromatic heterocycles. The highest BCUT2D eigenvalue weighted by atomic mass is 35.5. The van der Waals surface area contributed by atoms with E-state index < -0.39 is 6.04 Å². The first kappa shape index (κ1) is 19.2. The smallest absolute Gasteiger partial charge is 0.245 e. The zero-order valence-corrected chi connectivity index (χ0v) is 15.8. The maximum Gasteiger partial charge on any atom is 0.245 e. The van der Waals surface area contributed by atoms with Crippen molar-refractivity contribution in [3.63, 3.8) is 0 Å². The number of benzene rings is 2. The third-order valence-electron chi connectivity index (χ3n) is 3.77. The van der Waals surface area contributed by atoms with Gasteiger partial charge in [-0.3, -0.25) is 4.79 Å². The van der Waals surface area contributed by atoms with E-state index in [0.29, 0.717) is 4.58 Å². The van der Waals surface area contributed by atoms with Crippen molar-refractivity contribution in [1.29, 1.82) is 0 Å². The first-order chi connectivity index (χ1) is 11.1. The maximum atomic E-state index is 12.4. The molecule has 1 amide bonds. The van der Waals surface area contributed by atoms with Crippen molar-refractivity contribution >= 4 is 47.5 Å². The highest BCUT2D eigenvalue weighted by Crippen LogP contribution is 2.45. The Bertz CT molecular complexity index is 688. The van der Waals surface area contributed by atoms with E-state index in [9.17, 15) is 4.79 Å². The van der Waals surface area contributed by atoms with E-state index in [2.05, 4.69) is 17.4 Å². The van der Waals surface area contributed by atoms with E-state index >= 15 is 0 Å². The lowest BCUT2D eigenvalue weighted by atomic mass is 10.1. The van der Waals surface area contributed by atoms with Crippen molar-refractivity contribution in [3.8, 4) is 0 Å². The number of amides is 1. The summed E-state index contributed by atoms with van der Waals surface area (Å²) in [4.78, 5) is 12.4. The molecule has 1 heterocycles. The van der Waals surface area contributed by atoms with Crippen LogP contribution in [0, 0.1) is 6.92 Å². The Morgan fingerprint density at radius 2 is 1.83 bits per heavy atom. The number of nitrogens with two attached hydrogens (primary N) is 1. The van der Waals surface area contributed by atoms with Gasteiger partial charge in [0.2, 0.25) is 5.91 Å². The number of hydrogen-bond acceptors (Lipinski definition) is 4. The molecule has 0 radical (unpaired) electrons. The summed E-state index contributed by atoms with van der Waals surface area (Å²) < 4.78 is 0.470. The SMILES string of the molecule is Cc1ccc(C(N)C(=O)Nc2cccc(C3SCCS3)c2)cc1.Cl. The van der Waals surface area contributed by atoms with Crippen LogP contribution >= 0.6 is 35.9 Å². The van der Waals surface area contributed by atoms with Gasteiger partial charge in [-0.05, 0) is 30.2 Å². The quantitative estimate of drug-likeness (QED) is 0.817. The summed E-state index contributed by atoms with van der Waals surface area (Å²) >= 11 is 3.91. The highest BCUT2D eigenvalue weighted by Gasteiger charge is 2.19. The van der Waals surface area contributed by atoms with Gasteiger partial charge in [-0.2, -0.15) is 0 Å². The van der Waals surface area contributed by atoms with E-state index in [0.717, 1.165) is 16.8 Å². The van der Waals surface area contributed by atoms with Crippen molar-refractivity contribution in [2.45, 2.75) is 17.5 Å². The Kier molecular flexibility index (Phi) is 7.04. The normalized spacial score (nSPS) is 15.6. The van der Waals surface area contributed by atoms with E-state index in [4.69, 9.17) is 5.73 Å². The standard InChI is InChI=1S/C18H20N2OS2.ClH/c1-12-5-7-13(8-6-12)16(19)17(21)20-15-4-2-3-14(11-15)18-22-9-10-23-18;/h2-8,11,16,18H,9-10,19H2,1H3,(H,20,21);1H. The first-order valence-corrected chi connectivity index (χ1v) is 9.69. The Morgan fingerprint density at radius 3 is 2.50 bits per heavy atom. The van der Waals surface area contributed by atoms with E-state index in [1.165, 1.54) is 17.1 Å². The number of carbonyl (C=O) groups excluding carboxylic acids is 1. The Morgan fingerprint density at radius 1 is 1.17 bits per heavy atom. The van der Waals surface area contributed by atoms with Gasteiger partial charge >= 0.3 is 0 Å². The van der Waals surface area contributed by atoms with Gasteiger partial charge in [0.25, 0.3) is 0 Å². The van der Waals surface area contributed by atoms with Gasteiger partial charge in [-0.15, -0.1) is 35.9 Å². The second kappa shape index (κ2) is 8.81. The molecule has 128 valence electrons. The summed E-state index contributed by atoms with van der Waals surface area (Å²) in [6.45, 7) is 2.01. The molecule has 1 atom stereocenters. The minimum absolute atomic E-state index is 0. The summed E-state index contributed by atoms with van der Waals surface area (Å²) in [5.41, 5.74) is 10.1. The van der Waals surface area contributed by atoms with Crippen LogP contribution in [0.5, 0.6) is 0 Å². The van der Waals surface area contributed by atoms with Crippen LogP contribution in [0.3, 0.4) is 0 Å². The fourth-order valence-electron chi connectivity index (χ4n) is 2.46. The molecule has 2 aromatic rings. The van der Waals surface area contributed by atoms with E-state index in [1.807, 2.05) is 66.8 Å². The number of carbonyl (C=O) groups is 1. The zero-order valence-electron chi connectivity index (χ0n) is 13.4. The predicted molar refractivity (Wildman–Crippen MR) is 108 cm³/mol. The number of rotatable bonds is 4. The lowest BCUT2D eigenvalue weighted by Gasteiger charge is -2.15. The molecule has 0 bridgehead atoms. The molecular weight excluding hydrogens is 360 g/mol. The van der Waals surface area contributed by atoms with Crippen molar-refractivity contribution in [3.05, 3.63) is 65.2 Å². The monoisotopic (exact) mass is 380 g/mol. The molecule has 3 nitrogen and oxygen atoms in total. The van der Waals surface area contributed by atoms with E-state index in [1.54, 1.807) is 0 Å². The Labute approximate surface area is 157 Å². The van der Waals surface area contributed by atoms with Gasteiger partial charge < -0.3 is 11.1 Å². The van der Waals surface area contributed by atoms with E-state index in [-0.39, 0.29) is 18.3 Å². The van der Waals surface area contributed by atoms with Crippen LogP contribution < -0.4 is 11.1 Å². The van der Waals surface area contributed by atoms with Gasteiger partial charge in [-0.25, -0.2) is 0 Å². The Hall–Kier alpha value is -1.14. The predicted octanol–water partition coefficient (Wildman–Crippen LogP) is 4.53. The van der Waals surface area contributed by atoms with Crippen molar-refractivity contribution in [1.82, 2.24) is 0 Å². The summed E-state index contributed by atoms with van der Waals surface area (Å²) in [5, 5.41) is 2.94.